The van der Waals surface area contributed by atoms with E-state index in [-0.39, 0.29) is 35.2 Å². The molecule has 1 fully saturated rings. The average Bonchev–Trinajstić information content (AvgIpc) is 2.90. The Balaban J connectivity index is 2.17. The van der Waals surface area contributed by atoms with Crippen molar-refractivity contribution in [2.24, 2.45) is 0 Å². The lowest BCUT2D eigenvalue weighted by molar-refractivity contribution is -0.121. The van der Waals surface area contributed by atoms with Crippen LogP contribution in [0, 0.1) is 6.92 Å². The third-order valence-corrected chi connectivity index (χ3v) is 7.92. The van der Waals surface area contributed by atoms with Crippen LogP contribution >= 0.6 is 0 Å². The molecule has 0 bridgehead atoms. The second kappa shape index (κ2) is 7.93. The van der Waals surface area contributed by atoms with E-state index in [0.29, 0.717) is 6.42 Å². The summed E-state index contributed by atoms with van der Waals surface area (Å²) in [5.41, 5.74) is 0.751. The molecule has 1 amide bonds. The number of rotatable bonds is 7. The van der Waals surface area contributed by atoms with E-state index in [1.54, 1.807) is 26.0 Å². The fraction of sp³-hybridized carbons (Fsp3) is 0.562. The highest BCUT2D eigenvalue weighted by Crippen LogP contribution is 2.27. The third-order valence-electron chi connectivity index (χ3n) is 4.21. The number of carbonyl (C=O) groups is 1. The Bertz CT molecular complexity index is 880. The van der Waals surface area contributed by atoms with Crippen LogP contribution in [0.25, 0.3) is 0 Å². The first-order chi connectivity index (χ1) is 12.1. The lowest BCUT2D eigenvalue weighted by Crippen LogP contribution is -2.44. The number of hydrogen-bond donors (Lipinski definition) is 1. The molecule has 0 spiro atoms. The van der Waals surface area contributed by atoms with E-state index < -0.39 is 31.8 Å². The monoisotopic (exact) mass is 404 g/mol. The molecule has 2 rings (SSSR count). The summed E-state index contributed by atoms with van der Waals surface area (Å²) in [6.07, 6.45) is 0.346. The fourth-order valence-electron chi connectivity index (χ4n) is 2.83. The third kappa shape index (κ3) is 4.74. The van der Waals surface area contributed by atoms with Crippen molar-refractivity contribution in [1.82, 2.24) is 9.62 Å². The summed E-state index contributed by atoms with van der Waals surface area (Å²) in [5, 5.41) is 2.61. The predicted molar refractivity (Wildman–Crippen MR) is 97.4 cm³/mol. The molecule has 1 saturated heterocycles. The number of methoxy groups -OCH3 is 1. The largest absolute Gasteiger partial charge is 0.495 e. The normalized spacial score (nSPS) is 19.5. The molecule has 1 aromatic carbocycles. The predicted octanol–water partition coefficient (Wildman–Crippen LogP) is 0.318. The highest BCUT2D eigenvalue weighted by Gasteiger charge is 2.32. The molecule has 0 unspecified atom stereocenters. The van der Waals surface area contributed by atoms with Gasteiger partial charge in [-0.25, -0.2) is 16.8 Å². The lowest BCUT2D eigenvalue weighted by atomic mass is 10.2. The zero-order chi connectivity index (χ0) is 19.5. The van der Waals surface area contributed by atoms with Crippen LogP contribution in [0.1, 0.15) is 18.9 Å². The first-order valence-electron chi connectivity index (χ1n) is 8.23. The van der Waals surface area contributed by atoms with Crippen LogP contribution in [0.5, 0.6) is 5.75 Å². The summed E-state index contributed by atoms with van der Waals surface area (Å²) in [4.78, 5) is 12.2. The van der Waals surface area contributed by atoms with E-state index in [9.17, 15) is 21.6 Å². The molecule has 10 heteroatoms. The topological polar surface area (TPSA) is 110 Å². The van der Waals surface area contributed by atoms with Crippen LogP contribution in [0.15, 0.2) is 23.1 Å². The zero-order valence-corrected chi connectivity index (χ0v) is 16.7. The van der Waals surface area contributed by atoms with Crippen LogP contribution in [0.2, 0.25) is 0 Å². The van der Waals surface area contributed by atoms with Gasteiger partial charge in [0.15, 0.2) is 9.84 Å². The molecular weight excluding hydrogens is 380 g/mol. The SMILES string of the molecule is CCN(CC(=O)N[C@H]1CCS(=O)(=O)C1)S(=O)(=O)c1cc(C)ccc1OC. The molecule has 1 atom stereocenters. The zero-order valence-electron chi connectivity index (χ0n) is 15.1. The van der Waals surface area contributed by atoms with Gasteiger partial charge in [-0.3, -0.25) is 4.79 Å². The van der Waals surface area contributed by atoms with Crippen LogP contribution in [0.3, 0.4) is 0 Å². The number of carbonyl (C=O) groups excluding carboxylic acids is 1. The molecule has 1 heterocycles. The summed E-state index contributed by atoms with van der Waals surface area (Å²) in [5.74, 6) is -0.391. The van der Waals surface area contributed by atoms with Crippen molar-refractivity contribution in [3.63, 3.8) is 0 Å². The van der Waals surface area contributed by atoms with Crippen LogP contribution in [-0.2, 0) is 24.7 Å². The Morgan fingerprint density at radius 3 is 2.62 bits per heavy atom. The van der Waals surface area contributed by atoms with Gasteiger partial charge in [0.2, 0.25) is 15.9 Å². The van der Waals surface area contributed by atoms with Gasteiger partial charge in [0.05, 0.1) is 25.2 Å². The summed E-state index contributed by atoms with van der Waals surface area (Å²) in [6, 6.07) is 4.33. The van der Waals surface area contributed by atoms with Gasteiger partial charge in [-0.15, -0.1) is 0 Å². The van der Waals surface area contributed by atoms with Gasteiger partial charge in [-0.2, -0.15) is 4.31 Å². The first-order valence-corrected chi connectivity index (χ1v) is 11.5. The van der Waals surface area contributed by atoms with Gasteiger partial charge in [0.25, 0.3) is 0 Å². The molecule has 1 aliphatic heterocycles. The maximum absolute atomic E-state index is 12.9. The Hall–Kier alpha value is -1.65. The van der Waals surface area contributed by atoms with Crippen LogP contribution < -0.4 is 10.1 Å². The minimum absolute atomic E-state index is 0.00176. The Morgan fingerprint density at radius 1 is 1.38 bits per heavy atom. The highest BCUT2D eigenvalue weighted by molar-refractivity contribution is 7.91. The Labute approximate surface area is 154 Å². The molecule has 1 N–H and O–H groups in total. The highest BCUT2D eigenvalue weighted by atomic mass is 32.2. The Kier molecular flexibility index (Phi) is 6.30. The number of benzene rings is 1. The molecule has 8 nitrogen and oxygen atoms in total. The van der Waals surface area contributed by atoms with E-state index >= 15 is 0 Å². The molecule has 146 valence electrons. The minimum Gasteiger partial charge on any atom is -0.495 e. The van der Waals surface area contributed by atoms with Gasteiger partial charge in [-0.05, 0) is 31.0 Å². The molecule has 1 aliphatic rings. The van der Waals surface area contributed by atoms with Crippen molar-refractivity contribution in [3.8, 4) is 5.75 Å². The van der Waals surface area contributed by atoms with E-state index in [2.05, 4.69) is 5.32 Å². The molecule has 0 saturated carbocycles. The number of ether oxygens (including phenoxy) is 1. The smallest absolute Gasteiger partial charge is 0.247 e. The van der Waals surface area contributed by atoms with Gasteiger partial charge >= 0.3 is 0 Å². The van der Waals surface area contributed by atoms with Gasteiger partial charge < -0.3 is 10.1 Å². The van der Waals surface area contributed by atoms with Gasteiger partial charge in [0.1, 0.15) is 10.6 Å². The summed E-state index contributed by atoms with van der Waals surface area (Å²) >= 11 is 0. The molecule has 0 aromatic heterocycles. The van der Waals surface area contributed by atoms with Crippen LogP contribution in [0.4, 0.5) is 0 Å². The second-order valence-electron chi connectivity index (χ2n) is 6.25. The maximum atomic E-state index is 12.9. The van der Waals surface area contributed by atoms with E-state index in [4.69, 9.17) is 4.74 Å². The molecule has 26 heavy (non-hydrogen) atoms. The second-order valence-corrected chi connectivity index (χ2v) is 10.4. The average molecular weight is 405 g/mol. The minimum atomic E-state index is -3.94. The first kappa shape index (κ1) is 20.7. The number of nitrogens with zero attached hydrogens (tertiary/aromatic N) is 1. The van der Waals surface area contributed by atoms with Crippen molar-refractivity contribution in [2.45, 2.75) is 31.2 Å². The number of nitrogens with one attached hydrogen (secondary N) is 1. The fourth-order valence-corrected chi connectivity index (χ4v) is 6.15. The molecule has 0 radical (unpaired) electrons. The number of amides is 1. The van der Waals surface area contributed by atoms with Crippen molar-refractivity contribution >= 4 is 25.8 Å². The maximum Gasteiger partial charge on any atom is 0.247 e. The summed E-state index contributed by atoms with van der Waals surface area (Å²) in [7, 11) is -5.68. The number of sulfone groups is 1. The van der Waals surface area contributed by atoms with E-state index in [1.165, 1.54) is 13.2 Å². The van der Waals surface area contributed by atoms with Crippen molar-refractivity contribution in [3.05, 3.63) is 23.8 Å². The molecular formula is C16H24N2O6S2. The number of hydrogen-bond acceptors (Lipinski definition) is 6. The van der Waals surface area contributed by atoms with Crippen molar-refractivity contribution in [2.75, 3.05) is 31.7 Å². The quantitative estimate of drug-likeness (QED) is 0.701. The van der Waals surface area contributed by atoms with Gasteiger partial charge in [-0.1, -0.05) is 13.0 Å². The molecule has 1 aromatic rings. The standard InChI is InChI=1S/C16H24N2O6S2/c1-4-18(10-16(19)17-13-7-8-25(20,21)11-13)26(22,23)15-9-12(2)5-6-14(15)24-3/h5-6,9,13H,4,7-8,10-11H2,1-3H3,(H,17,19)/t13-/m0/s1. The Morgan fingerprint density at radius 2 is 2.08 bits per heavy atom. The number of likely N-dealkylation sites (N-methyl/N-ethyl adjacent to an activating group) is 1. The van der Waals surface area contributed by atoms with Crippen molar-refractivity contribution < 1.29 is 26.4 Å². The lowest BCUT2D eigenvalue weighted by Gasteiger charge is -2.22. The van der Waals surface area contributed by atoms with E-state index in [1.807, 2.05) is 0 Å². The molecule has 0 aliphatic carbocycles. The van der Waals surface area contributed by atoms with Crippen molar-refractivity contribution in [1.29, 1.82) is 0 Å². The van der Waals surface area contributed by atoms with Crippen LogP contribution in [-0.4, -0.2) is 64.8 Å². The van der Waals surface area contributed by atoms with E-state index in [0.717, 1.165) is 9.87 Å². The number of aryl methyl sites for hydroxylation is 1. The summed E-state index contributed by atoms with van der Waals surface area (Å²) < 4.78 is 55.0. The summed E-state index contributed by atoms with van der Waals surface area (Å²) in [6.45, 7) is 3.11. The van der Waals surface area contributed by atoms with Gasteiger partial charge in [0, 0.05) is 12.6 Å². The number of sulfonamides is 1.